The Morgan fingerprint density at radius 1 is 1.32 bits per heavy atom. The van der Waals surface area contributed by atoms with Gasteiger partial charge in [0.1, 0.15) is 23.0 Å². The number of halogens is 1. The van der Waals surface area contributed by atoms with E-state index in [-0.39, 0.29) is 0 Å². The Kier molecular flexibility index (Phi) is 9.96. The van der Waals surface area contributed by atoms with Gasteiger partial charge >= 0.3 is 0 Å². The van der Waals surface area contributed by atoms with Gasteiger partial charge in [0.05, 0.1) is 30.1 Å². The van der Waals surface area contributed by atoms with E-state index in [1.54, 1.807) is 31.5 Å². The molecule has 0 fully saturated rings. The molecule has 0 aliphatic heterocycles. The molecule has 0 saturated heterocycles. The van der Waals surface area contributed by atoms with Gasteiger partial charge in [0.15, 0.2) is 0 Å². The lowest BCUT2D eigenvalue weighted by atomic mass is 10.1. The molecule has 0 amide bonds. The molecule has 0 heterocycles. The van der Waals surface area contributed by atoms with Crippen molar-refractivity contribution in [1.82, 2.24) is 0 Å². The zero-order valence-corrected chi connectivity index (χ0v) is 17.8. The summed E-state index contributed by atoms with van der Waals surface area (Å²) in [5.41, 5.74) is 7.49. The molecule has 0 aromatic heterocycles. The molecule has 152 valence electrons. The van der Waals surface area contributed by atoms with Crippen molar-refractivity contribution in [3.05, 3.63) is 71.0 Å². The molecular formula is C22H29ClN2O3. The topological polar surface area (TPSA) is 66.1 Å². The largest absolute Gasteiger partial charge is 0.498 e. The maximum absolute atomic E-state index is 6.06. The van der Waals surface area contributed by atoms with Crippen molar-refractivity contribution >= 4 is 23.5 Å². The van der Waals surface area contributed by atoms with Crippen LogP contribution < -0.4 is 10.5 Å². The lowest BCUT2D eigenvalue weighted by Crippen LogP contribution is -2.01. The normalized spacial score (nSPS) is 12.5. The highest BCUT2D eigenvalue weighted by Gasteiger charge is 2.11. The molecule has 2 N–H and O–H groups in total. The first-order valence-electron chi connectivity index (χ1n) is 9.00. The molecule has 0 aliphatic carbocycles. The maximum Gasteiger partial charge on any atom is 0.133 e. The minimum absolute atomic E-state index is 0.418. The van der Waals surface area contributed by atoms with E-state index in [2.05, 4.69) is 18.2 Å². The van der Waals surface area contributed by atoms with E-state index in [1.165, 1.54) is 0 Å². The number of ether oxygens (including phenoxy) is 3. The monoisotopic (exact) mass is 404 g/mol. The number of nitrogens with two attached hydrogens (primary N) is 1. The highest BCUT2D eigenvalue weighted by molar-refractivity contribution is 6.33. The molecule has 0 spiro atoms. The zero-order chi connectivity index (χ0) is 21.1. The van der Waals surface area contributed by atoms with Gasteiger partial charge in [0, 0.05) is 24.3 Å². The summed E-state index contributed by atoms with van der Waals surface area (Å²) in [4.78, 5) is 4.26. The molecule has 0 atom stereocenters. The summed E-state index contributed by atoms with van der Waals surface area (Å²) in [5, 5.41) is 0.419. The van der Waals surface area contributed by atoms with Crippen molar-refractivity contribution in [3.63, 3.8) is 0 Å². The minimum atomic E-state index is 0.418. The fourth-order valence-corrected chi connectivity index (χ4v) is 2.54. The predicted molar refractivity (Wildman–Crippen MR) is 118 cm³/mol. The first kappa shape index (κ1) is 23.4. The van der Waals surface area contributed by atoms with E-state index in [9.17, 15) is 0 Å². The number of hydrogen-bond donors (Lipinski definition) is 1. The van der Waals surface area contributed by atoms with E-state index in [4.69, 9.17) is 31.5 Å². The van der Waals surface area contributed by atoms with E-state index in [0.29, 0.717) is 52.9 Å². The third-order valence-electron chi connectivity index (χ3n) is 3.85. The highest BCUT2D eigenvalue weighted by Crippen LogP contribution is 2.28. The second-order valence-corrected chi connectivity index (χ2v) is 6.22. The molecular weight excluding hydrogens is 376 g/mol. The van der Waals surface area contributed by atoms with Gasteiger partial charge in [0.25, 0.3) is 0 Å². The Balaban J connectivity index is 3.01. The Labute approximate surface area is 172 Å². The van der Waals surface area contributed by atoms with Crippen molar-refractivity contribution in [2.75, 3.05) is 19.5 Å². The number of anilines is 1. The molecule has 1 aromatic rings. The molecule has 1 rings (SSSR count). The summed E-state index contributed by atoms with van der Waals surface area (Å²) in [6.45, 7) is 14.2. The van der Waals surface area contributed by atoms with Crippen LogP contribution in [0.2, 0.25) is 5.02 Å². The number of benzene rings is 1. The number of rotatable bonds is 11. The fraction of sp³-hybridized carbons (Fsp3) is 0.318. The molecule has 6 heteroatoms. The first-order chi connectivity index (χ1) is 13.3. The summed E-state index contributed by atoms with van der Waals surface area (Å²) in [5.74, 6) is 2.52. The second kappa shape index (κ2) is 11.9. The Morgan fingerprint density at radius 2 is 2.04 bits per heavy atom. The van der Waals surface area contributed by atoms with Crippen molar-refractivity contribution in [2.45, 2.75) is 33.6 Å². The second-order valence-electron chi connectivity index (χ2n) is 5.82. The van der Waals surface area contributed by atoms with Crippen LogP contribution in [0.1, 0.15) is 33.6 Å². The van der Waals surface area contributed by atoms with Gasteiger partial charge in [-0.3, -0.25) is 4.99 Å². The SMILES string of the molecule is C=C(N=CC)C(=CCC/C(OCC)=C(\C)OC)C(=C)Oc1ccc(N)c(Cl)c1. The van der Waals surface area contributed by atoms with Crippen LogP contribution in [-0.2, 0) is 9.47 Å². The van der Waals surface area contributed by atoms with Crippen molar-refractivity contribution in [1.29, 1.82) is 0 Å². The van der Waals surface area contributed by atoms with Crippen LogP contribution >= 0.6 is 11.6 Å². The molecule has 5 nitrogen and oxygen atoms in total. The first-order valence-corrected chi connectivity index (χ1v) is 9.38. The number of aliphatic imine (C=N–C) groups is 1. The molecule has 0 aliphatic rings. The van der Waals surface area contributed by atoms with Crippen LogP contribution in [0.5, 0.6) is 5.75 Å². The van der Waals surface area contributed by atoms with E-state index in [0.717, 1.165) is 11.5 Å². The standard InChI is InChI=1S/C22H29ClN2O3/c1-7-25-15(3)19(10-9-11-22(27-8-2)17(5)26-6)16(4)28-18-12-13-21(24)20(23)14-18/h7,10,12-14H,3-4,8-9,11,24H2,1-2,5-6H3/b19-10?,22-17-,25-7?. The van der Waals surface area contributed by atoms with Gasteiger partial charge in [-0.25, -0.2) is 0 Å². The Morgan fingerprint density at radius 3 is 2.61 bits per heavy atom. The van der Waals surface area contributed by atoms with Crippen LogP contribution in [0.4, 0.5) is 5.69 Å². The number of methoxy groups -OCH3 is 1. The Hall–Kier alpha value is -2.66. The predicted octanol–water partition coefficient (Wildman–Crippen LogP) is 6.04. The number of hydrogen-bond acceptors (Lipinski definition) is 5. The van der Waals surface area contributed by atoms with Crippen LogP contribution in [0.25, 0.3) is 0 Å². The van der Waals surface area contributed by atoms with Gasteiger partial charge in [-0.15, -0.1) is 0 Å². The van der Waals surface area contributed by atoms with Gasteiger partial charge < -0.3 is 19.9 Å². The average Bonchev–Trinajstić information content (AvgIpc) is 2.66. The van der Waals surface area contributed by atoms with Gasteiger partial charge in [0.2, 0.25) is 0 Å². The molecule has 28 heavy (non-hydrogen) atoms. The quantitative estimate of drug-likeness (QED) is 0.211. The average molecular weight is 405 g/mol. The van der Waals surface area contributed by atoms with Crippen LogP contribution in [-0.4, -0.2) is 19.9 Å². The van der Waals surface area contributed by atoms with Crippen molar-refractivity contribution < 1.29 is 14.2 Å². The molecule has 0 bridgehead atoms. The Bertz CT molecular complexity index is 795. The molecule has 0 saturated carbocycles. The van der Waals surface area contributed by atoms with Gasteiger partial charge in [-0.05, 0) is 39.3 Å². The minimum Gasteiger partial charge on any atom is -0.498 e. The summed E-state index contributed by atoms with van der Waals surface area (Å²) >= 11 is 6.06. The summed E-state index contributed by atoms with van der Waals surface area (Å²) < 4.78 is 16.8. The summed E-state index contributed by atoms with van der Waals surface area (Å²) in [6, 6.07) is 5.05. The molecule has 1 aromatic carbocycles. The van der Waals surface area contributed by atoms with E-state index < -0.39 is 0 Å². The maximum atomic E-state index is 6.06. The summed E-state index contributed by atoms with van der Waals surface area (Å²) in [7, 11) is 1.63. The van der Waals surface area contributed by atoms with Crippen LogP contribution in [0.15, 0.2) is 71.0 Å². The molecule has 0 unspecified atom stereocenters. The lowest BCUT2D eigenvalue weighted by Gasteiger charge is -2.14. The van der Waals surface area contributed by atoms with Crippen LogP contribution in [0, 0.1) is 0 Å². The number of nitrogens with zero attached hydrogens (tertiary/aromatic N) is 1. The zero-order valence-electron chi connectivity index (χ0n) is 17.0. The van der Waals surface area contributed by atoms with Crippen LogP contribution in [0.3, 0.4) is 0 Å². The van der Waals surface area contributed by atoms with Gasteiger partial charge in [-0.2, -0.15) is 0 Å². The van der Waals surface area contributed by atoms with E-state index >= 15 is 0 Å². The van der Waals surface area contributed by atoms with Crippen molar-refractivity contribution in [2.24, 2.45) is 4.99 Å². The van der Waals surface area contributed by atoms with E-state index in [1.807, 2.05) is 26.8 Å². The third-order valence-corrected chi connectivity index (χ3v) is 4.17. The fourth-order valence-electron chi connectivity index (χ4n) is 2.37. The smallest absolute Gasteiger partial charge is 0.133 e. The molecule has 0 radical (unpaired) electrons. The third kappa shape index (κ3) is 7.16. The number of allylic oxidation sites excluding steroid dienone is 3. The lowest BCUT2D eigenvalue weighted by molar-refractivity contribution is 0.179. The summed E-state index contributed by atoms with van der Waals surface area (Å²) in [6.07, 6.45) is 4.98. The van der Waals surface area contributed by atoms with Crippen molar-refractivity contribution in [3.8, 4) is 5.75 Å². The highest BCUT2D eigenvalue weighted by atomic mass is 35.5. The number of nitrogen functional groups attached to an aromatic ring is 1. The van der Waals surface area contributed by atoms with Gasteiger partial charge in [-0.1, -0.05) is 30.8 Å².